The molecule has 0 aliphatic carbocycles. The Hall–Kier alpha value is -3.15. The molecule has 0 saturated heterocycles. The van der Waals surface area contributed by atoms with Crippen molar-refractivity contribution in [3.63, 3.8) is 0 Å². The highest BCUT2D eigenvalue weighted by Gasteiger charge is 2.21. The van der Waals surface area contributed by atoms with Crippen LogP contribution in [-0.2, 0) is 9.53 Å². The maximum absolute atomic E-state index is 13.5. The highest BCUT2D eigenvalue weighted by Crippen LogP contribution is 2.20. The second-order valence-corrected chi connectivity index (χ2v) is 5.65. The fourth-order valence-electron chi connectivity index (χ4n) is 2.27. The van der Waals surface area contributed by atoms with Gasteiger partial charge in [-0.3, -0.25) is 4.79 Å². The van der Waals surface area contributed by atoms with Crippen LogP contribution >= 0.6 is 0 Å². The van der Waals surface area contributed by atoms with Crippen molar-refractivity contribution in [2.75, 3.05) is 5.32 Å². The number of hydrogen-bond acceptors (Lipinski definition) is 4. The summed E-state index contributed by atoms with van der Waals surface area (Å²) in [6, 6.07) is 13.0. The van der Waals surface area contributed by atoms with E-state index in [9.17, 15) is 14.0 Å². The molecular formula is C19H16FNO4. The molecule has 2 aromatic carbocycles. The van der Waals surface area contributed by atoms with Crippen molar-refractivity contribution >= 4 is 28.5 Å². The van der Waals surface area contributed by atoms with E-state index in [4.69, 9.17) is 9.15 Å². The first-order chi connectivity index (χ1) is 11.9. The van der Waals surface area contributed by atoms with Crippen molar-refractivity contribution in [3.8, 4) is 0 Å². The molecule has 1 N–H and O–H groups in total. The Bertz CT molecular complexity index is 915. The Kier molecular flexibility index (Phi) is 4.52. The molecule has 1 amide bonds. The Labute approximate surface area is 143 Å². The number of aryl methyl sites for hydroxylation is 1. The van der Waals surface area contributed by atoms with E-state index >= 15 is 0 Å². The average Bonchev–Trinajstić information content (AvgIpc) is 3.02. The van der Waals surface area contributed by atoms with Crippen LogP contribution < -0.4 is 5.32 Å². The summed E-state index contributed by atoms with van der Waals surface area (Å²) in [5.41, 5.74) is 1.32. The molecule has 0 aliphatic rings. The minimum Gasteiger partial charge on any atom is -0.449 e. The van der Waals surface area contributed by atoms with Gasteiger partial charge in [0.2, 0.25) is 5.76 Å². The van der Waals surface area contributed by atoms with E-state index in [1.807, 2.05) is 6.07 Å². The largest absolute Gasteiger partial charge is 0.449 e. The van der Waals surface area contributed by atoms with Crippen molar-refractivity contribution in [1.29, 1.82) is 0 Å². The number of hydrogen-bond donors (Lipinski definition) is 1. The number of carbonyl (C=O) groups excluding carboxylic acids is 2. The molecular weight excluding hydrogens is 325 g/mol. The Morgan fingerprint density at radius 1 is 1.16 bits per heavy atom. The normalized spacial score (nSPS) is 12.0. The number of anilines is 1. The minimum atomic E-state index is -1.06. The van der Waals surface area contributed by atoms with Gasteiger partial charge in [-0.25, -0.2) is 9.18 Å². The monoisotopic (exact) mass is 341 g/mol. The number of halogens is 1. The summed E-state index contributed by atoms with van der Waals surface area (Å²) in [6.45, 7) is 3.05. The highest BCUT2D eigenvalue weighted by molar-refractivity contribution is 5.97. The van der Waals surface area contributed by atoms with Crippen LogP contribution in [0.2, 0.25) is 0 Å². The second-order valence-electron chi connectivity index (χ2n) is 5.65. The number of fused-ring (bicyclic) bond motifs is 1. The van der Waals surface area contributed by atoms with Crippen LogP contribution in [0.4, 0.5) is 10.1 Å². The zero-order valence-electron chi connectivity index (χ0n) is 13.7. The van der Waals surface area contributed by atoms with Crippen LogP contribution in [-0.4, -0.2) is 18.0 Å². The number of nitrogens with one attached hydrogen (secondary N) is 1. The lowest BCUT2D eigenvalue weighted by Gasteiger charge is -2.13. The lowest BCUT2D eigenvalue weighted by Crippen LogP contribution is -2.29. The molecule has 3 aromatic rings. The van der Waals surface area contributed by atoms with Crippen LogP contribution in [0.5, 0.6) is 0 Å². The predicted molar refractivity (Wildman–Crippen MR) is 90.9 cm³/mol. The van der Waals surface area contributed by atoms with Gasteiger partial charge in [0.1, 0.15) is 11.4 Å². The molecule has 0 saturated carbocycles. The third kappa shape index (κ3) is 3.68. The van der Waals surface area contributed by atoms with Gasteiger partial charge in [0, 0.05) is 11.1 Å². The smallest absolute Gasteiger partial charge is 0.375 e. The summed E-state index contributed by atoms with van der Waals surface area (Å²) in [4.78, 5) is 24.2. The second kappa shape index (κ2) is 6.76. The third-order valence-corrected chi connectivity index (χ3v) is 3.72. The molecule has 0 bridgehead atoms. The summed E-state index contributed by atoms with van der Waals surface area (Å²) < 4.78 is 24.0. The molecule has 1 aromatic heterocycles. The van der Waals surface area contributed by atoms with Crippen molar-refractivity contribution in [3.05, 3.63) is 65.7 Å². The number of esters is 1. The van der Waals surface area contributed by atoms with Crippen LogP contribution in [0.1, 0.15) is 23.0 Å². The molecule has 1 heterocycles. The first-order valence-corrected chi connectivity index (χ1v) is 7.70. The number of para-hydroxylation sites is 1. The van der Waals surface area contributed by atoms with Gasteiger partial charge in [-0.15, -0.1) is 0 Å². The van der Waals surface area contributed by atoms with Gasteiger partial charge in [-0.2, -0.15) is 0 Å². The maximum Gasteiger partial charge on any atom is 0.375 e. The molecule has 25 heavy (non-hydrogen) atoms. The van der Waals surface area contributed by atoms with Crippen LogP contribution in [0.3, 0.4) is 0 Å². The summed E-state index contributed by atoms with van der Waals surface area (Å²) in [6.07, 6.45) is -1.06. The summed E-state index contributed by atoms with van der Waals surface area (Å²) in [7, 11) is 0. The standard InChI is InChI=1S/C19H16FNO4/c1-11-7-8-14(10-15(11)20)21-18(22)12(2)24-19(23)17-9-13-5-3-4-6-16(13)25-17/h3-10,12H,1-2H3,(H,21,22)/t12-/m1/s1. The Morgan fingerprint density at radius 2 is 1.92 bits per heavy atom. The van der Waals surface area contributed by atoms with Crippen molar-refractivity contribution in [1.82, 2.24) is 0 Å². The Balaban J connectivity index is 1.65. The fraction of sp³-hybridized carbons (Fsp3) is 0.158. The topological polar surface area (TPSA) is 68.5 Å². The number of furan rings is 1. The first-order valence-electron chi connectivity index (χ1n) is 7.70. The summed E-state index contributed by atoms with van der Waals surface area (Å²) >= 11 is 0. The summed E-state index contributed by atoms with van der Waals surface area (Å²) in [5, 5.41) is 3.27. The van der Waals surface area contributed by atoms with Crippen molar-refractivity contribution in [2.45, 2.75) is 20.0 Å². The highest BCUT2D eigenvalue weighted by atomic mass is 19.1. The van der Waals surface area contributed by atoms with Crippen LogP contribution in [0, 0.1) is 12.7 Å². The van der Waals surface area contributed by atoms with E-state index in [1.54, 1.807) is 43.3 Å². The zero-order chi connectivity index (χ0) is 18.0. The average molecular weight is 341 g/mol. The van der Waals surface area contributed by atoms with Gasteiger partial charge >= 0.3 is 5.97 Å². The minimum absolute atomic E-state index is 0.0160. The predicted octanol–water partition coefficient (Wildman–Crippen LogP) is 4.06. The van der Waals surface area contributed by atoms with Gasteiger partial charge in [0.05, 0.1) is 0 Å². The summed E-state index contributed by atoms with van der Waals surface area (Å²) in [5.74, 6) is -1.71. The molecule has 0 fully saturated rings. The van der Waals surface area contributed by atoms with E-state index in [-0.39, 0.29) is 5.76 Å². The van der Waals surface area contributed by atoms with E-state index in [0.29, 0.717) is 16.8 Å². The molecule has 0 unspecified atom stereocenters. The first kappa shape index (κ1) is 16.7. The third-order valence-electron chi connectivity index (χ3n) is 3.72. The lowest BCUT2D eigenvalue weighted by molar-refractivity contribution is -0.123. The van der Waals surface area contributed by atoms with Gasteiger partial charge in [0.15, 0.2) is 6.10 Å². The maximum atomic E-state index is 13.5. The molecule has 1 atom stereocenters. The zero-order valence-corrected chi connectivity index (χ0v) is 13.7. The van der Waals surface area contributed by atoms with E-state index < -0.39 is 23.8 Å². The molecule has 3 rings (SSSR count). The molecule has 0 aliphatic heterocycles. The molecule has 0 spiro atoms. The van der Waals surface area contributed by atoms with Crippen LogP contribution in [0.25, 0.3) is 11.0 Å². The van der Waals surface area contributed by atoms with Gasteiger partial charge in [-0.05, 0) is 43.7 Å². The fourth-order valence-corrected chi connectivity index (χ4v) is 2.27. The molecule has 0 radical (unpaired) electrons. The Morgan fingerprint density at radius 3 is 2.64 bits per heavy atom. The van der Waals surface area contributed by atoms with E-state index in [2.05, 4.69) is 5.32 Å². The van der Waals surface area contributed by atoms with Gasteiger partial charge in [-0.1, -0.05) is 24.3 Å². The number of amides is 1. The van der Waals surface area contributed by atoms with Gasteiger partial charge < -0.3 is 14.5 Å². The number of benzene rings is 2. The van der Waals surface area contributed by atoms with Crippen LogP contribution in [0.15, 0.2) is 52.9 Å². The van der Waals surface area contributed by atoms with Gasteiger partial charge in [0.25, 0.3) is 5.91 Å². The van der Waals surface area contributed by atoms with E-state index in [1.165, 1.54) is 13.0 Å². The quantitative estimate of drug-likeness (QED) is 0.727. The van der Waals surface area contributed by atoms with Crippen molar-refractivity contribution < 1.29 is 23.1 Å². The number of carbonyl (C=O) groups is 2. The molecule has 5 nitrogen and oxygen atoms in total. The lowest BCUT2D eigenvalue weighted by atomic mass is 10.2. The SMILES string of the molecule is Cc1ccc(NC(=O)[C@@H](C)OC(=O)c2cc3ccccc3o2)cc1F. The number of ether oxygens (including phenoxy) is 1. The van der Waals surface area contributed by atoms with Crippen molar-refractivity contribution in [2.24, 2.45) is 0 Å². The molecule has 128 valence electrons. The molecule has 6 heteroatoms. The number of rotatable bonds is 4. The van der Waals surface area contributed by atoms with E-state index in [0.717, 1.165) is 5.39 Å².